The van der Waals surface area contributed by atoms with Crippen LogP contribution < -0.4 is 4.74 Å². The van der Waals surface area contributed by atoms with Gasteiger partial charge < -0.3 is 9.72 Å². The van der Waals surface area contributed by atoms with E-state index in [0.29, 0.717) is 24.1 Å². The molecule has 0 aliphatic rings. The molecule has 160 valence electrons. The minimum Gasteiger partial charge on any atom is -0.489 e. The summed E-state index contributed by atoms with van der Waals surface area (Å²) >= 11 is 6.29. The van der Waals surface area contributed by atoms with E-state index in [4.69, 9.17) is 21.4 Å². The molecular formula is C24H21ClN6O. The highest BCUT2D eigenvalue weighted by atomic mass is 35.5. The van der Waals surface area contributed by atoms with Gasteiger partial charge in [0.15, 0.2) is 0 Å². The van der Waals surface area contributed by atoms with Gasteiger partial charge in [-0.05, 0) is 42.8 Å². The topological polar surface area (TPSA) is 73.5 Å². The number of imidazole rings is 1. The first-order valence-electron chi connectivity index (χ1n) is 10.2. The van der Waals surface area contributed by atoms with Gasteiger partial charge in [0.25, 0.3) is 0 Å². The molecule has 3 heterocycles. The zero-order valence-electron chi connectivity index (χ0n) is 17.4. The summed E-state index contributed by atoms with van der Waals surface area (Å²) in [7, 11) is 0. The number of halogens is 1. The molecule has 0 saturated carbocycles. The van der Waals surface area contributed by atoms with E-state index in [-0.39, 0.29) is 0 Å². The second-order valence-corrected chi connectivity index (χ2v) is 7.86. The Kier molecular flexibility index (Phi) is 5.47. The first kappa shape index (κ1) is 20.1. The number of H-pyrrole nitrogens is 1. The lowest BCUT2D eigenvalue weighted by Gasteiger charge is -2.13. The van der Waals surface area contributed by atoms with Gasteiger partial charge >= 0.3 is 0 Å². The molecule has 0 spiro atoms. The van der Waals surface area contributed by atoms with Gasteiger partial charge in [-0.1, -0.05) is 41.9 Å². The number of ether oxygens (including phenoxy) is 1. The van der Waals surface area contributed by atoms with E-state index >= 15 is 0 Å². The minimum atomic E-state index is 0.489. The highest BCUT2D eigenvalue weighted by Gasteiger charge is 2.13. The third-order valence-electron chi connectivity index (χ3n) is 5.12. The predicted molar refractivity (Wildman–Crippen MR) is 123 cm³/mol. The Morgan fingerprint density at radius 1 is 1.06 bits per heavy atom. The Balaban J connectivity index is 1.38. The van der Waals surface area contributed by atoms with Gasteiger partial charge in [0.05, 0.1) is 18.4 Å². The molecule has 5 aromatic rings. The van der Waals surface area contributed by atoms with E-state index in [0.717, 1.165) is 34.0 Å². The number of nitrogens with one attached hydrogen (secondary N) is 1. The normalized spacial score (nSPS) is 11.1. The molecule has 0 saturated heterocycles. The monoisotopic (exact) mass is 444 g/mol. The van der Waals surface area contributed by atoms with E-state index in [9.17, 15) is 0 Å². The highest BCUT2D eigenvalue weighted by molar-refractivity contribution is 6.30. The van der Waals surface area contributed by atoms with E-state index < -0.39 is 0 Å². The van der Waals surface area contributed by atoms with Crippen molar-refractivity contribution in [1.82, 2.24) is 29.5 Å². The number of hydrogen-bond acceptors (Lipinski definition) is 4. The van der Waals surface area contributed by atoms with Gasteiger partial charge in [-0.3, -0.25) is 4.68 Å². The number of rotatable bonds is 7. The molecule has 0 fully saturated rings. The van der Waals surface area contributed by atoms with Crippen molar-refractivity contribution in [3.8, 4) is 23.1 Å². The Morgan fingerprint density at radius 3 is 2.75 bits per heavy atom. The van der Waals surface area contributed by atoms with Crippen LogP contribution in [0.5, 0.6) is 5.75 Å². The molecule has 2 aromatic carbocycles. The fraction of sp³-hybridized carbons (Fsp3) is 0.125. The van der Waals surface area contributed by atoms with Crippen molar-refractivity contribution in [2.24, 2.45) is 0 Å². The molecule has 7 nitrogen and oxygen atoms in total. The molecule has 0 amide bonds. The standard InChI is InChI=1S/C24H21ClN6O/c1-17-12-21(22-14-26-24(28-22)30-11-5-10-27-30)29-31(17)15-19-13-20(25)8-9-23(19)32-16-18-6-3-2-4-7-18/h2-14H,15-16H2,1H3,(H,26,28). The van der Waals surface area contributed by atoms with Gasteiger partial charge in [-0.25, -0.2) is 9.67 Å². The summed E-state index contributed by atoms with van der Waals surface area (Å²) in [5.41, 5.74) is 4.72. The van der Waals surface area contributed by atoms with Crippen molar-refractivity contribution in [3.05, 3.63) is 101 Å². The van der Waals surface area contributed by atoms with Crippen LogP contribution in [-0.4, -0.2) is 29.5 Å². The molecule has 0 aliphatic carbocycles. The minimum absolute atomic E-state index is 0.489. The summed E-state index contributed by atoms with van der Waals surface area (Å²) in [6, 6.07) is 19.6. The van der Waals surface area contributed by atoms with Crippen molar-refractivity contribution in [2.75, 3.05) is 0 Å². The maximum atomic E-state index is 6.29. The van der Waals surface area contributed by atoms with Crippen molar-refractivity contribution in [3.63, 3.8) is 0 Å². The smallest absolute Gasteiger partial charge is 0.228 e. The highest BCUT2D eigenvalue weighted by Crippen LogP contribution is 2.26. The summed E-state index contributed by atoms with van der Waals surface area (Å²) in [4.78, 5) is 7.66. The van der Waals surface area contributed by atoms with Crippen LogP contribution in [0.4, 0.5) is 0 Å². The molecule has 0 aliphatic heterocycles. The van der Waals surface area contributed by atoms with E-state index in [1.807, 2.05) is 78.5 Å². The largest absolute Gasteiger partial charge is 0.489 e. The average Bonchev–Trinajstić information content (AvgIpc) is 3.55. The van der Waals surface area contributed by atoms with Crippen molar-refractivity contribution in [2.45, 2.75) is 20.1 Å². The molecule has 1 N–H and O–H groups in total. The van der Waals surface area contributed by atoms with Gasteiger partial charge in [0.1, 0.15) is 18.1 Å². The van der Waals surface area contributed by atoms with Crippen molar-refractivity contribution >= 4 is 11.6 Å². The van der Waals surface area contributed by atoms with Gasteiger partial charge in [0.2, 0.25) is 5.95 Å². The summed E-state index contributed by atoms with van der Waals surface area (Å²) in [6.45, 7) is 3.05. The van der Waals surface area contributed by atoms with Gasteiger partial charge in [0, 0.05) is 28.7 Å². The Labute approximate surface area is 190 Å². The maximum absolute atomic E-state index is 6.29. The van der Waals surface area contributed by atoms with E-state index in [2.05, 4.69) is 15.1 Å². The number of aryl methyl sites for hydroxylation is 1. The van der Waals surface area contributed by atoms with Gasteiger partial charge in [-0.15, -0.1) is 0 Å². The molecule has 0 unspecified atom stereocenters. The number of hydrogen-bond donors (Lipinski definition) is 1. The second-order valence-electron chi connectivity index (χ2n) is 7.43. The number of benzene rings is 2. The lowest BCUT2D eigenvalue weighted by atomic mass is 10.2. The maximum Gasteiger partial charge on any atom is 0.228 e. The summed E-state index contributed by atoms with van der Waals surface area (Å²) in [5, 5.41) is 9.64. The molecule has 0 atom stereocenters. The quantitative estimate of drug-likeness (QED) is 0.381. The zero-order chi connectivity index (χ0) is 21.9. The van der Waals surface area contributed by atoms with Crippen LogP contribution in [0.25, 0.3) is 17.3 Å². The lowest BCUT2D eigenvalue weighted by Crippen LogP contribution is -2.06. The van der Waals surface area contributed by atoms with Crippen LogP contribution in [0.2, 0.25) is 5.02 Å². The molecule has 32 heavy (non-hydrogen) atoms. The third-order valence-corrected chi connectivity index (χ3v) is 5.36. The van der Waals surface area contributed by atoms with Crippen LogP contribution in [0, 0.1) is 6.92 Å². The lowest BCUT2D eigenvalue weighted by molar-refractivity contribution is 0.302. The zero-order valence-corrected chi connectivity index (χ0v) is 18.2. The molecule has 0 bridgehead atoms. The molecule has 3 aromatic heterocycles. The van der Waals surface area contributed by atoms with Crippen molar-refractivity contribution in [1.29, 1.82) is 0 Å². The van der Waals surface area contributed by atoms with Crippen LogP contribution in [-0.2, 0) is 13.2 Å². The Hall–Kier alpha value is -3.84. The van der Waals surface area contributed by atoms with Crippen LogP contribution in [0.15, 0.2) is 79.3 Å². The fourth-order valence-corrected chi connectivity index (χ4v) is 3.66. The first-order chi connectivity index (χ1) is 15.7. The summed E-state index contributed by atoms with van der Waals surface area (Å²) < 4.78 is 9.71. The van der Waals surface area contributed by atoms with Gasteiger partial charge in [-0.2, -0.15) is 10.2 Å². The number of aromatic amines is 1. The van der Waals surface area contributed by atoms with E-state index in [1.54, 1.807) is 17.1 Å². The molecule has 5 rings (SSSR count). The number of nitrogens with zero attached hydrogens (tertiary/aromatic N) is 5. The fourth-order valence-electron chi connectivity index (χ4n) is 3.46. The predicted octanol–water partition coefficient (Wildman–Crippen LogP) is 5.05. The SMILES string of the molecule is Cc1cc(-c2cnc(-n3cccn3)[nH]2)nn1Cc1cc(Cl)ccc1OCc1ccccc1. The second kappa shape index (κ2) is 8.72. The molecule has 0 radical (unpaired) electrons. The average molecular weight is 445 g/mol. The first-order valence-corrected chi connectivity index (χ1v) is 10.6. The van der Waals surface area contributed by atoms with Crippen molar-refractivity contribution < 1.29 is 4.74 Å². The molecule has 8 heteroatoms. The van der Waals surface area contributed by atoms with E-state index in [1.165, 1.54) is 0 Å². The molecular weight excluding hydrogens is 424 g/mol. The van der Waals surface area contributed by atoms with Crippen LogP contribution in [0.1, 0.15) is 16.8 Å². The summed E-state index contributed by atoms with van der Waals surface area (Å²) in [6.07, 6.45) is 5.31. The van der Waals surface area contributed by atoms with Crippen LogP contribution in [0.3, 0.4) is 0 Å². The number of aromatic nitrogens is 6. The summed E-state index contributed by atoms with van der Waals surface area (Å²) in [5.74, 6) is 1.43. The third kappa shape index (κ3) is 4.29. The van der Waals surface area contributed by atoms with Crippen LogP contribution >= 0.6 is 11.6 Å². The Morgan fingerprint density at radius 2 is 1.94 bits per heavy atom. The Bertz CT molecular complexity index is 1320.